The van der Waals surface area contributed by atoms with Crippen molar-refractivity contribution in [1.29, 1.82) is 0 Å². The van der Waals surface area contributed by atoms with E-state index in [-0.39, 0.29) is 11.9 Å². The number of hydrogen-bond donors (Lipinski definition) is 2. The Balaban J connectivity index is 1.74. The molecular weight excluding hydrogens is 252 g/mol. The van der Waals surface area contributed by atoms with Crippen LogP contribution in [0.2, 0.25) is 0 Å². The minimum atomic E-state index is -0.180. The summed E-state index contributed by atoms with van der Waals surface area (Å²) in [6.45, 7) is 1.89. The minimum absolute atomic E-state index is 0.0673. The van der Waals surface area contributed by atoms with E-state index >= 15 is 0 Å². The zero-order chi connectivity index (χ0) is 13.9. The van der Waals surface area contributed by atoms with Gasteiger partial charge in [0.15, 0.2) is 0 Å². The van der Waals surface area contributed by atoms with Crippen molar-refractivity contribution in [1.82, 2.24) is 20.5 Å². The van der Waals surface area contributed by atoms with Crippen molar-refractivity contribution in [2.75, 3.05) is 0 Å². The predicted octanol–water partition coefficient (Wildman–Crippen LogP) is 2.17. The molecule has 3 rings (SSSR count). The molecule has 1 aliphatic rings. The second kappa shape index (κ2) is 5.45. The van der Waals surface area contributed by atoms with Gasteiger partial charge in [0.25, 0.3) is 5.91 Å². The second-order valence-electron chi connectivity index (χ2n) is 5.26. The van der Waals surface area contributed by atoms with Crippen LogP contribution in [0.25, 0.3) is 0 Å². The lowest BCUT2D eigenvalue weighted by molar-refractivity contribution is 0.0938. The third-order valence-electron chi connectivity index (χ3n) is 3.80. The quantitative estimate of drug-likeness (QED) is 0.898. The molecule has 5 heteroatoms. The van der Waals surface area contributed by atoms with Crippen LogP contribution >= 0.6 is 0 Å². The number of fused-ring (bicyclic) bond motifs is 1. The Labute approximate surface area is 117 Å². The normalized spacial score (nSPS) is 15.4. The van der Waals surface area contributed by atoms with Crippen LogP contribution in [0.5, 0.6) is 0 Å². The lowest BCUT2D eigenvalue weighted by Crippen LogP contribution is -2.27. The van der Waals surface area contributed by atoms with Gasteiger partial charge in [-0.3, -0.25) is 9.89 Å². The van der Waals surface area contributed by atoms with Crippen LogP contribution < -0.4 is 5.32 Å². The smallest absolute Gasteiger partial charge is 0.251 e. The van der Waals surface area contributed by atoms with E-state index in [0.29, 0.717) is 5.82 Å². The summed E-state index contributed by atoms with van der Waals surface area (Å²) in [6, 6.07) is 5.84. The topological polar surface area (TPSA) is 70.7 Å². The summed E-state index contributed by atoms with van der Waals surface area (Å²) < 4.78 is 0. The zero-order valence-electron chi connectivity index (χ0n) is 11.5. The number of nitrogens with one attached hydrogen (secondary N) is 2. The molecule has 0 aliphatic heterocycles. The molecule has 1 unspecified atom stereocenters. The van der Waals surface area contributed by atoms with Crippen LogP contribution in [-0.2, 0) is 12.8 Å². The zero-order valence-corrected chi connectivity index (χ0v) is 11.5. The maximum absolute atomic E-state index is 12.3. The van der Waals surface area contributed by atoms with Crippen molar-refractivity contribution >= 4 is 5.91 Å². The van der Waals surface area contributed by atoms with Gasteiger partial charge in [-0.05, 0) is 55.9 Å². The van der Waals surface area contributed by atoms with E-state index in [1.54, 1.807) is 0 Å². The lowest BCUT2D eigenvalue weighted by atomic mass is 9.90. The number of aromatic nitrogens is 3. The van der Waals surface area contributed by atoms with Crippen LogP contribution in [0.3, 0.4) is 0 Å². The third kappa shape index (κ3) is 2.57. The maximum Gasteiger partial charge on any atom is 0.251 e. The number of H-pyrrole nitrogens is 1. The van der Waals surface area contributed by atoms with Crippen molar-refractivity contribution in [2.45, 2.75) is 38.6 Å². The first kappa shape index (κ1) is 12.8. The first-order valence-electron chi connectivity index (χ1n) is 7.02. The van der Waals surface area contributed by atoms with Crippen LogP contribution in [-0.4, -0.2) is 21.1 Å². The van der Waals surface area contributed by atoms with Crippen LogP contribution in [0.1, 0.15) is 53.1 Å². The highest BCUT2D eigenvalue weighted by molar-refractivity contribution is 5.94. The van der Waals surface area contributed by atoms with Crippen LogP contribution in [0.4, 0.5) is 0 Å². The van der Waals surface area contributed by atoms with Gasteiger partial charge in [-0.2, -0.15) is 5.10 Å². The summed E-state index contributed by atoms with van der Waals surface area (Å²) >= 11 is 0. The lowest BCUT2D eigenvalue weighted by Gasteiger charge is -2.17. The van der Waals surface area contributed by atoms with Gasteiger partial charge in [0, 0.05) is 5.56 Å². The molecule has 0 bridgehead atoms. The van der Waals surface area contributed by atoms with Crippen molar-refractivity contribution < 1.29 is 4.79 Å². The largest absolute Gasteiger partial charge is 0.342 e. The van der Waals surface area contributed by atoms with Crippen molar-refractivity contribution in [2.24, 2.45) is 0 Å². The van der Waals surface area contributed by atoms with Gasteiger partial charge in [-0.25, -0.2) is 4.98 Å². The number of rotatable bonds is 3. The predicted molar refractivity (Wildman–Crippen MR) is 75.3 cm³/mol. The summed E-state index contributed by atoms with van der Waals surface area (Å²) in [5.41, 5.74) is 3.42. The highest BCUT2D eigenvalue weighted by atomic mass is 16.1. The Kier molecular flexibility index (Phi) is 3.50. The molecule has 1 aromatic heterocycles. The molecule has 1 amide bonds. The Morgan fingerprint density at radius 1 is 1.30 bits per heavy atom. The van der Waals surface area contributed by atoms with Gasteiger partial charge < -0.3 is 5.32 Å². The van der Waals surface area contributed by atoms with Crippen molar-refractivity contribution in [3.05, 3.63) is 47.0 Å². The number of amides is 1. The average Bonchev–Trinajstić information content (AvgIpc) is 3.01. The summed E-state index contributed by atoms with van der Waals surface area (Å²) in [7, 11) is 0. The SMILES string of the molecule is CC(NC(=O)c1ccc2c(c1)CCCC2)c1ncn[nH]1. The van der Waals surface area contributed by atoms with Crippen molar-refractivity contribution in [3.63, 3.8) is 0 Å². The monoisotopic (exact) mass is 270 g/mol. The molecule has 2 aromatic rings. The van der Waals surface area contributed by atoms with E-state index in [9.17, 15) is 4.79 Å². The number of carbonyl (C=O) groups excluding carboxylic acids is 1. The highest BCUT2D eigenvalue weighted by Crippen LogP contribution is 2.22. The van der Waals surface area contributed by atoms with Crippen LogP contribution in [0, 0.1) is 0 Å². The Morgan fingerprint density at radius 3 is 2.85 bits per heavy atom. The average molecular weight is 270 g/mol. The van der Waals surface area contributed by atoms with Gasteiger partial charge >= 0.3 is 0 Å². The second-order valence-corrected chi connectivity index (χ2v) is 5.26. The first-order valence-corrected chi connectivity index (χ1v) is 7.02. The molecule has 1 atom stereocenters. The molecule has 1 heterocycles. The van der Waals surface area contributed by atoms with E-state index in [4.69, 9.17) is 0 Å². The maximum atomic E-state index is 12.3. The molecule has 1 aliphatic carbocycles. The fraction of sp³-hybridized carbons (Fsp3) is 0.400. The van der Waals surface area contributed by atoms with Gasteiger partial charge in [-0.15, -0.1) is 0 Å². The van der Waals surface area contributed by atoms with E-state index in [1.807, 2.05) is 19.1 Å². The van der Waals surface area contributed by atoms with Crippen molar-refractivity contribution in [3.8, 4) is 0 Å². The van der Waals surface area contributed by atoms with Gasteiger partial charge in [0.05, 0.1) is 6.04 Å². The molecule has 20 heavy (non-hydrogen) atoms. The standard InChI is InChI=1S/C15H18N4O/c1-10(14-16-9-17-19-14)18-15(20)13-7-6-11-4-2-3-5-12(11)8-13/h6-10H,2-5H2,1H3,(H,18,20)(H,16,17,19). The number of aromatic amines is 1. The Hall–Kier alpha value is -2.17. The Bertz CT molecular complexity index is 606. The van der Waals surface area contributed by atoms with Gasteiger partial charge in [-0.1, -0.05) is 6.07 Å². The minimum Gasteiger partial charge on any atom is -0.342 e. The molecule has 0 radical (unpaired) electrons. The molecule has 1 aromatic carbocycles. The first-order chi connectivity index (χ1) is 9.74. The van der Waals surface area contributed by atoms with E-state index < -0.39 is 0 Å². The number of nitrogens with zero attached hydrogens (tertiary/aromatic N) is 2. The number of carbonyl (C=O) groups is 1. The molecule has 0 fully saturated rings. The molecule has 0 saturated carbocycles. The fourth-order valence-corrected chi connectivity index (χ4v) is 2.65. The summed E-state index contributed by atoms with van der Waals surface area (Å²) in [5.74, 6) is 0.596. The van der Waals surface area contributed by atoms with E-state index in [2.05, 4.69) is 26.6 Å². The summed E-state index contributed by atoms with van der Waals surface area (Å²) in [4.78, 5) is 16.3. The molecule has 104 valence electrons. The molecule has 2 N–H and O–H groups in total. The third-order valence-corrected chi connectivity index (χ3v) is 3.80. The highest BCUT2D eigenvalue weighted by Gasteiger charge is 2.16. The molecular formula is C15H18N4O. The molecule has 0 saturated heterocycles. The number of benzene rings is 1. The molecule has 0 spiro atoms. The summed E-state index contributed by atoms with van der Waals surface area (Å²) in [6.07, 6.45) is 6.12. The fourth-order valence-electron chi connectivity index (χ4n) is 2.65. The van der Waals surface area contributed by atoms with Gasteiger partial charge in [0.1, 0.15) is 12.2 Å². The van der Waals surface area contributed by atoms with E-state index in [0.717, 1.165) is 18.4 Å². The Morgan fingerprint density at radius 2 is 2.10 bits per heavy atom. The number of aryl methyl sites for hydroxylation is 2. The summed E-state index contributed by atoms with van der Waals surface area (Å²) in [5, 5.41) is 9.49. The molecule has 5 nitrogen and oxygen atoms in total. The van der Waals surface area contributed by atoms with E-state index in [1.165, 1.54) is 30.3 Å². The number of hydrogen-bond acceptors (Lipinski definition) is 3. The van der Waals surface area contributed by atoms with Crippen LogP contribution in [0.15, 0.2) is 24.5 Å². The van der Waals surface area contributed by atoms with Gasteiger partial charge in [0.2, 0.25) is 0 Å².